The monoisotopic (exact) mass is 244 g/mol. The lowest BCUT2D eigenvalue weighted by Crippen LogP contribution is -1.91. The van der Waals surface area contributed by atoms with Gasteiger partial charge in [0.15, 0.2) is 0 Å². The van der Waals surface area contributed by atoms with Crippen LogP contribution < -0.4 is 4.74 Å². The first-order valence-corrected chi connectivity index (χ1v) is 5.59. The number of benzene rings is 2. The maximum atomic E-state index is 13.2. The summed E-state index contributed by atoms with van der Waals surface area (Å²) in [4.78, 5) is 10.7. The Kier molecular flexibility index (Phi) is 3.42. The van der Waals surface area contributed by atoms with Crippen molar-refractivity contribution in [1.82, 2.24) is 0 Å². The van der Waals surface area contributed by atoms with E-state index in [4.69, 9.17) is 4.74 Å². The molecule has 0 amide bonds. The summed E-state index contributed by atoms with van der Waals surface area (Å²) >= 11 is 0. The number of rotatable bonds is 3. The topological polar surface area (TPSA) is 26.3 Å². The lowest BCUT2D eigenvalue weighted by molar-refractivity contribution is 0.112. The predicted molar refractivity (Wildman–Crippen MR) is 67.8 cm³/mol. The highest BCUT2D eigenvalue weighted by molar-refractivity contribution is 5.75. The van der Waals surface area contributed by atoms with Crippen molar-refractivity contribution in [3.63, 3.8) is 0 Å². The van der Waals surface area contributed by atoms with Gasteiger partial charge in [-0.25, -0.2) is 4.39 Å². The van der Waals surface area contributed by atoms with Gasteiger partial charge in [0.25, 0.3) is 0 Å². The maximum absolute atomic E-state index is 13.2. The highest BCUT2D eigenvalue weighted by atomic mass is 19.1. The third-order valence-electron chi connectivity index (χ3n) is 2.59. The van der Waals surface area contributed by atoms with Crippen molar-refractivity contribution in [3.8, 4) is 11.5 Å². The summed E-state index contributed by atoms with van der Waals surface area (Å²) in [5.74, 6) is 0.492. The van der Waals surface area contributed by atoms with E-state index in [-0.39, 0.29) is 5.56 Å². The molecule has 92 valence electrons. The number of aryl methyl sites for hydroxylation is 2. The van der Waals surface area contributed by atoms with Crippen LogP contribution >= 0.6 is 0 Å². The molecule has 3 heteroatoms. The molecular weight excluding hydrogens is 231 g/mol. The van der Waals surface area contributed by atoms with Gasteiger partial charge in [-0.3, -0.25) is 4.79 Å². The fourth-order valence-corrected chi connectivity index (χ4v) is 1.75. The highest BCUT2D eigenvalue weighted by Crippen LogP contribution is 2.26. The Balaban J connectivity index is 2.33. The molecule has 0 saturated carbocycles. The van der Waals surface area contributed by atoms with Crippen LogP contribution in [0.25, 0.3) is 0 Å². The number of hydrogen-bond donors (Lipinski definition) is 0. The third-order valence-corrected chi connectivity index (χ3v) is 2.59. The van der Waals surface area contributed by atoms with E-state index in [2.05, 4.69) is 0 Å². The fraction of sp³-hybridized carbons (Fsp3) is 0.133. The quantitative estimate of drug-likeness (QED) is 0.761. The molecule has 2 nitrogen and oxygen atoms in total. The van der Waals surface area contributed by atoms with Crippen molar-refractivity contribution >= 4 is 6.29 Å². The molecule has 0 heterocycles. The van der Waals surface area contributed by atoms with E-state index in [0.717, 1.165) is 11.1 Å². The molecule has 0 N–H and O–H groups in total. The van der Waals surface area contributed by atoms with Gasteiger partial charge in [0.2, 0.25) is 0 Å². The van der Waals surface area contributed by atoms with Crippen molar-refractivity contribution < 1.29 is 13.9 Å². The number of carbonyl (C=O) groups is 1. The van der Waals surface area contributed by atoms with Gasteiger partial charge in [-0.15, -0.1) is 0 Å². The van der Waals surface area contributed by atoms with Crippen molar-refractivity contribution in [2.45, 2.75) is 13.8 Å². The van der Waals surface area contributed by atoms with Crippen LogP contribution in [-0.2, 0) is 0 Å². The Morgan fingerprint density at radius 1 is 1.11 bits per heavy atom. The summed E-state index contributed by atoms with van der Waals surface area (Å²) in [5, 5.41) is 0. The lowest BCUT2D eigenvalue weighted by Gasteiger charge is -2.09. The van der Waals surface area contributed by atoms with E-state index >= 15 is 0 Å². The summed E-state index contributed by atoms with van der Waals surface area (Å²) in [6.45, 7) is 3.91. The van der Waals surface area contributed by atoms with E-state index in [9.17, 15) is 9.18 Å². The normalized spacial score (nSPS) is 10.2. The smallest absolute Gasteiger partial charge is 0.150 e. The van der Waals surface area contributed by atoms with Crippen LogP contribution in [0.5, 0.6) is 11.5 Å². The maximum Gasteiger partial charge on any atom is 0.150 e. The zero-order valence-corrected chi connectivity index (χ0v) is 10.2. The summed E-state index contributed by atoms with van der Waals surface area (Å²) in [7, 11) is 0. The number of aldehydes is 1. The van der Waals surface area contributed by atoms with Crippen molar-refractivity contribution in [3.05, 3.63) is 58.9 Å². The van der Waals surface area contributed by atoms with Gasteiger partial charge in [-0.05, 0) is 37.6 Å². The van der Waals surface area contributed by atoms with Crippen molar-refractivity contribution in [2.75, 3.05) is 0 Å². The number of ether oxygens (including phenoxy) is 1. The summed E-state index contributed by atoms with van der Waals surface area (Å²) in [6, 6.07) is 9.66. The Morgan fingerprint density at radius 2 is 1.89 bits per heavy atom. The molecule has 0 fully saturated rings. The van der Waals surface area contributed by atoms with Gasteiger partial charge in [-0.2, -0.15) is 0 Å². The van der Waals surface area contributed by atoms with E-state index in [1.165, 1.54) is 18.2 Å². The molecule has 2 rings (SSSR count). The number of carbonyl (C=O) groups excluding carboxylic acids is 1. The molecule has 0 atom stereocenters. The first kappa shape index (κ1) is 12.3. The van der Waals surface area contributed by atoms with Crippen LogP contribution in [0.4, 0.5) is 4.39 Å². The van der Waals surface area contributed by atoms with Gasteiger partial charge >= 0.3 is 0 Å². The Hall–Kier alpha value is -2.16. The van der Waals surface area contributed by atoms with Gasteiger partial charge in [0.1, 0.15) is 23.6 Å². The second-order valence-corrected chi connectivity index (χ2v) is 4.21. The molecule has 0 aliphatic carbocycles. The second kappa shape index (κ2) is 5.00. The highest BCUT2D eigenvalue weighted by Gasteiger charge is 2.05. The summed E-state index contributed by atoms with van der Waals surface area (Å²) in [6.07, 6.45) is 0.595. The average molecular weight is 244 g/mol. The van der Waals surface area contributed by atoms with Gasteiger partial charge in [-0.1, -0.05) is 17.7 Å². The Labute approximate surface area is 105 Å². The minimum Gasteiger partial charge on any atom is -0.457 e. The number of hydrogen-bond acceptors (Lipinski definition) is 2. The minimum absolute atomic E-state index is 0.259. The predicted octanol–water partition coefficient (Wildman–Crippen LogP) is 4.05. The molecule has 0 bridgehead atoms. The van der Waals surface area contributed by atoms with Crippen molar-refractivity contribution in [1.29, 1.82) is 0 Å². The molecule has 0 radical (unpaired) electrons. The first-order valence-electron chi connectivity index (χ1n) is 5.59. The van der Waals surface area contributed by atoms with Crippen LogP contribution in [0, 0.1) is 19.7 Å². The molecular formula is C15H13FO2. The van der Waals surface area contributed by atoms with E-state index in [1.807, 2.05) is 32.0 Å². The largest absolute Gasteiger partial charge is 0.457 e. The van der Waals surface area contributed by atoms with Gasteiger partial charge in [0.05, 0.1) is 0 Å². The zero-order chi connectivity index (χ0) is 13.1. The van der Waals surface area contributed by atoms with E-state index in [1.54, 1.807) is 0 Å². The first-order chi connectivity index (χ1) is 8.58. The lowest BCUT2D eigenvalue weighted by atomic mass is 10.1. The third kappa shape index (κ3) is 2.74. The van der Waals surface area contributed by atoms with E-state index < -0.39 is 5.82 Å². The van der Waals surface area contributed by atoms with Crippen molar-refractivity contribution in [2.24, 2.45) is 0 Å². The fourth-order valence-electron chi connectivity index (χ4n) is 1.75. The Bertz CT molecular complexity index is 591. The summed E-state index contributed by atoms with van der Waals surface area (Å²) < 4.78 is 18.8. The molecule has 0 aromatic heterocycles. The summed E-state index contributed by atoms with van der Waals surface area (Å²) in [5.41, 5.74) is 2.36. The molecule has 0 saturated heterocycles. The SMILES string of the molecule is Cc1ccc(Oc2cc(F)cc(C=O)c2)c(C)c1. The molecule has 0 spiro atoms. The molecule has 2 aromatic carbocycles. The Morgan fingerprint density at radius 3 is 2.56 bits per heavy atom. The average Bonchev–Trinajstić information content (AvgIpc) is 2.32. The van der Waals surface area contributed by atoms with Crippen LogP contribution in [0.2, 0.25) is 0 Å². The standard InChI is InChI=1S/C15H13FO2/c1-10-3-4-15(11(2)5-10)18-14-7-12(9-17)6-13(16)8-14/h3-9H,1-2H3. The number of halogens is 1. The molecule has 18 heavy (non-hydrogen) atoms. The molecule has 2 aromatic rings. The van der Waals surface area contributed by atoms with Crippen LogP contribution in [0.3, 0.4) is 0 Å². The van der Waals surface area contributed by atoms with Gasteiger partial charge in [0, 0.05) is 11.6 Å². The van der Waals surface area contributed by atoms with Gasteiger partial charge < -0.3 is 4.74 Å². The minimum atomic E-state index is -0.487. The molecule has 0 aliphatic rings. The van der Waals surface area contributed by atoms with Crippen LogP contribution in [-0.4, -0.2) is 6.29 Å². The van der Waals surface area contributed by atoms with Crippen LogP contribution in [0.1, 0.15) is 21.5 Å². The van der Waals surface area contributed by atoms with E-state index in [0.29, 0.717) is 17.8 Å². The van der Waals surface area contributed by atoms with Crippen LogP contribution in [0.15, 0.2) is 36.4 Å². The molecule has 0 unspecified atom stereocenters. The second-order valence-electron chi connectivity index (χ2n) is 4.21. The zero-order valence-electron chi connectivity index (χ0n) is 10.2. The molecule has 0 aliphatic heterocycles.